The zero-order valence-electron chi connectivity index (χ0n) is 13.9. The van der Waals surface area contributed by atoms with Crippen LogP contribution in [0.3, 0.4) is 0 Å². The van der Waals surface area contributed by atoms with Crippen LogP contribution in [0.1, 0.15) is 64.2 Å². The Labute approximate surface area is 135 Å². The molecule has 1 atom stereocenters. The average molecular weight is 311 g/mol. The summed E-state index contributed by atoms with van der Waals surface area (Å²) in [5.41, 5.74) is 0.474. The summed E-state index contributed by atoms with van der Waals surface area (Å²) >= 11 is 2.02. The Morgan fingerprint density at radius 2 is 1.76 bits per heavy atom. The minimum absolute atomic E-state index is 0.474. The Kier molecular flexibility index (Phi) is 5.92. The highest BCUT2D eigenvalue weighted by Gasteiger charge is 2.41. The quantitative estimate of drug-likeness (QED) is 0.847. The predicted molar refractivity (Wildman–Crippen MR) is 94.1 cm³/mol. The molecule has 1 unspecified atom stereocenters. The summed E-state index contributed by atoms with van der Waals surface area (Å²) in [6, 6.07) is 0.824. The van der Waals surface area contributed by atoms with Crippen LogP contribution in [-0.2, 0) is 0 Å². The summed E-state index contributed by atoms with van der Waals surface area (Å²) in [6.45, 7) is 3.90. The molecule has 1 aliphatic heterocycles. The second kappa shape index (κ2) is 7.70. The van der Waals surface area contributed by atoms with Gasteiger partial charge in [-0.15, -0.1) is 0 Å². The number of nitrogens with one attached hydrogen (secondary N) is 1. The third-order valence-electron chi connectivity index (χ3n) is 6.25. The van der Waals surface area contributed by atoms with E-state index in [-0.39, 0.29) is 0 Å². The Balaban J connectivity index is 1.65. The number of thioether (sulfide) groups is 1. The van der Waals surface area contributed by atoms with Gasteiger partial charge >= 0.3 is 0 Å². The summed E-state index contributed by atoms with van der Waals surface area (Å²) in [6.07, 6.45) is 16.8. The van der Waals surface area contributed by atoms with Gasteiger partial charge in [-0.2, -0.15) is 11.8 Å². The van der Waals surface area contributed by atoms with E-state index < -0.39 is 0 Å². The van der Waals surface area contributed by atoms with Gasteiger partial charge in [0, 0.05) is 37.0 Å². The summed E-state index contributed by atoms with van der Waals surface area (Å²) in [5.74, 6) is 2.27. The molecule has 1 saturated heterocycles. The molecule has 0 aromatic rings. The lowest BCUT2D eigenvalue weighted by Gasteiger charge is -2.52. The maximum absolute atomic E-state index is 4.04. The molecule has 21 heavy (non-hydrogen) atoms. The fourth-order valence-electron chi connectivity index (χ4n) is 5.01. The van der Waals surface area contributed by atoms with Crippen LogP contribution in [0.15, 0.2) is 0 Å². The first kappa shape index (κ1) is 16.1. The smallest absolute Gasteiger partial charge is 0.0309 e. The van der Waals surface area contributed by atoms with Crippen LogP contribution in [0.2, 0.25) is 0 Å². The van der Waals surface area contributed by atoms with Crippen molar-refractivity contribution in [1.82, 2.24) is 10.2 Å². The first-order valence-electron chi connectivity index (χ1n) is 9.31. The van der Waals surface area contributed by atoms with Gasteiger partial charge in [0.1, 0.15) is 0 Å². The van der Waals surface area contributed by atoms with Gasteiger partial charge in [-0.05, 0) is 37.9 Å². The number of nitrogens with zero attached hydrogens (tertiary/aromatic N) is 1. The molecule has 0 aromatic carbocycles. The van der Waals surface area contributed by atoms with Gasteiger partial charge in [-0.3, -0.25) is 4.90 Å². The van der Waals surface area contributed by atoms with Crippen molar-refractivity contribution < 1.29 is 0 Å². The molecule has 1 heterocycles. The van der Waals surface area contributed by atoms with Gasteiger partial charge in [-0.25, -0.2) is 0 Å². The molecule has 3 heteroatoms. The number of rotatable bonds is 4. The van der Waals surface area contributed by atoms with Crippen LogP contribution in [-0.4, -0.2) is 48.1 Å². The molecule has 1 N–H and O–H groups in total. The fraction of sp³-hybridized carbons (Fsp3) is 1.00. The van der Waals surface area contributed by atoms with Crippen molar-refractivity contribution in [2.45, 2.75) is 75.8 Å². The maximum atomic E-state index is 4.04. The molecular formula is C18H34N2S. The van der Waals surface area contributed by atoms with E-state index in [0.29, 0.717) is 5.54 Å². The zero-order valence-corrected chi connectivity index (χ0v) is 14.7. The molecule has 2 aliphatic carbocycles. The molecule has 3 fully saturated rings. The van der Waals surface area contributed by atoms with Crippen LogP contribution in [0.4, 0.5) is 0 Å². The third kappa shape index (κ3) is 3.97. The van der Waals surface area contributed by atoms with Crippen molar-refractivity contribution in [2.24, 2.45) is 5.92 Å². The van der Waals surface area contributed by atoms with Crippen LogP contribution < -0.4 is 5.32 Å². The Hall–Kier alpha value is 0.270. The van der Waals surface area contributed by atoms with Crippen molar-refractivity contribution >= 4 is 11.8 Å². The van der Waals surface area contributed by atoms with Gasteiger partial charge < -0.3 is 5.32 Å². The Morgan fingerprint density at radius 3 is 2.48 bits per heavy atom. The van der Waals surface area contributed by atoms with E-state index in [0.717, 1.165) is 12.0 Å². The first-order valence-corrected chi connectivity index (χ1v) is 10.7. The Morgan fingerprint density at radius 1 is 1.05 bits per heavy atom. The summed E-state index contributed by atoms with van der Waals surface area (Å²) < 4.78 is 0. The highest BCUT2D eigenvalue weighted by Crippen LogP contribution is 2.36. The Bertz CT molecular complexity index is 308. The van der Waals surface area contributed by atoms with Crippen molar-refractivity contribution in [2.75, 3.05) is 31.6 Å². The van der Waals surface area contributed by atoms with Crippen molar-refractivity contribution in [1.29, 1.82) is 0 Å². The van der Waals surface area contributed by atoms with Crippen LogP contribution in [0.25, 0.3) is 0 Å². The van der Waals surface area contributed by atoms with E-state index in [9.17, 15) is 0 Å². The van der Waals surface area contributed by atoms with Crippen molar-refractivity contribution in [3.8, 4) is 0 Å². The van der Waals surface area contributed by atoms with E-state index in [1.165, 1.54) is 89.6 Å². The second-order valence-corrected chi connectivity index (χ2v) is 8.64. The number of piperazine rings is 1. The molecule has 0 radical (unpaired) electrons. The SMILES string of the molecule is CSCCN1CC2(CCCCC2)NCC1C1CCCCC1. The van der Waals surface area contributed by atoms with Crippen LogP contribution in [0, 0.1) is 5.92 Å². The molecule has 2 nitrogen and oxygen atoms in total. The monoisotopic (exact) mass is 310 g/mol. The third-order valence-corrected chi connectivity index (χ3v) is 6.84. The van der Waals surface area contributed by atoms with Gasteiger partial charge in [-0.1, -0.05) is 38.5 Å². The van der Waals surface area contributed by atoms with E-state index in [1.807, 2.05) is 11.8 Å². The zero-order chi connectivity index (χ0) is 14.5. The molecule has 122 valence electrons. The van der Waals surface area contributed by atoms with E-state index in [2.05, 4.69) is 16.5 Å². The molecule has 2 saturated carbocycles. The highest BCUT2D eigenvalue weighted by molar-refractivity contribution is 7.98. The van der Waals surface area contributed by atoms with Gasteiger partial charge in [0.05, 0.1) is 0 Å². The molecule has 0 bridgehead atoms. The lowest BCUT2D eigenvalue weighted by Crippen LogP contribution is -2.66. The topological polar surface area (TPSA) is 15.3 Å². The predicted octanol–water partition coefficient (Wildman–Crippen LogP) is 3.91. The molecule has 3 rings (SSSR count). The van der Waals surface area contributed by atoms with Gasteiger partial charge in [0.25, 0.3) is 0 Å². The van der Waals surface area contributed by atoms with Gasteiger partial charge in [0.15, 0.2) is 0 Å². The largest absolute Gasteiger partial charge is 0.308 e. The van der Waals surface area contributed by atoms with Gasteiger partial charge in [0.2, 0.25) is 0 Å². The van der Waals surface area contributed by atoms with E-state index >= 15 is 0 Å². The van der Waals surface area contributed by atoms with E-state index in [1.54, 1.807) is 0 Å². The molecule has 0 amide bonds. The van der Waals surface area contributed by atoms with Crippen LogP contribution >= 0.6 is 11.8 Å². The lowest BCUT2D eigenvalue weighted by molar-refractivity contribution is 0.0253. The fourth-order valence-corrected chi connectivity index (χ4v) is 5.43. The van der Waals surface area contributed by atoms with Crippen molar-refractivity contribution in [3.63, 3.8) is 0 Å². The number of hydrogen-bond acceptors (Lipinski definition) is 3. The summed E-state index contributed by atoms with van der Waals surface area (Å²) in [4.78, 5) is 2.90. The van der Waals surface area contributed by atoms with Crippen molar-refractivity contribution in [3.05, 3.63) is 0 Å². The molecule has 3 aliphatic rings. The standard InChI is InChI=1S/C18H34N2S/c1-21-13-12-20-15-18(10-6-3-7-11-18)19-14-17(20)16-8-4-2-5-9-16/h16-17,19H,2-15H2,1H3. The molecule has 1 spiro atoms. The highest BCUT2D eigenvalue weighted by atomic mass is 32.2. The number of hydrogen-bond donors (Lipinski definition) is 1. The van der Waals surface area contributed by atoms with Crippen LogP contribution in [0.5, 0.6) is 0 Å². The minimum atomic E-state index is 0.474. The average Bonchev–Trinajstić information content (AvgIpc) is 2.55. The molecule has 0 aromatic heterocycles. The minimum Gasteiger partial charge on any atom is -0.308 e. The maximum Gasteiger partial charge on any atom is 0.0309 e. The summed E-state index contributed by atoms with van der Waals surface area (Å²) in [7, 11) is 0. The first-order chi connectivity index (χ1) is 10.3. The van der Waals surface area contributed by atoms with E-state index in [4.69, 9.17) is 0 Å². The molecular weight excluding hydrogens is 276 g/mol. The summed E-state index contributed by atoms with van der Waals surface area (Å²) in [5, 5.41) is 4.04. The normalized spacial score (nSPS) is 31.6. The lowest BCUT2D eigenvalue weighted by atomic mass is 9.76. The second-order valence-electron chi connectivity index (χ2n) is 7.65.